The SMILES string of the molecule is CCOC(=O)C1=C(C)NC(C)=C(C(=O)OCc2ccccc2Cl)C1c1ccccc1Cl. The lowest BCUT2D eigenvalue weighted by atomic mass is 9.80. The Morgan fingerprint density at radius 1 is 0.871 bits per heavy atom. The predicted molar refractivity (Wildman–Crippen MR) is 121 cm³/mol. The fourth-order valence-electron chi connectivity index (χ4n) is 3.60. The van der Waals surface area contributed by atoms with Crippen LogP contribution in [0.5, 0.6) is 0 Å². The smallest absolute Gasteiger partial charge is 0.337 e. The summed E-state index contributed by atoms with van der Waals surface area (Å²) in [4.78, 5) is 26.1. The third kappa shape index (κ3) is 4.94. The Morgan fingerprint density at radius 3 is 2.00 bits per heavy atom. The Kier molecular flexibility index (Phi) is 7.42. The molecule has 1 N–H and O–H groups in total. The summed E-state index contributed by atoms with van der Waals surface area (Å²) in [6.07, 6.45) is 0. The first-order valence-corrected chi connectivity index (χ1v) is 10.6. The number of hydrogen-bond donors (Lipinski definition) is 1. The van der Waals surface area contributed by atoms with Crippen LogP contribution >= 0.6 is 23.2 Å². The van der Waals surface area contributed by atoms with E-state index in [1.165, 1.54) is 0 Å². The van der Waals surface area contributed by atoms with Crippen LogP contribution in [0.1, 0.15) is 37.8 Å². The summed E-state index contributed by atoms with van der Waals surface area (Å²) < 4.78 is 10.9. The number of benzene rings is 2. The van der Waals surface area contributed by atoms with Gasteiger partial charge in [-0.2, -0.15) is 0 Å². The van der Waals surface area contributed by atoms with Crippen molar-refractivity contribution >= 4 is 35.1 Å². The Labute approximate surface area is 191 Å². The van der Waals surface area contributed by atoms with Crippen LogP contribution in [-0.4, -0.2) is 18.5 Å². The molecule has 0 saturated heterocycles. The monoisotopic (exact) mass is 459 g/mol. The molecule has 2 aromatic carbocycles. The first-order valence-electron chi connectivity index (χ1n) is 9.85. The molecule has 1 aliphatic rings. The second kappa shape index (κ2) is 10.0. The molecule has 162 valence electrons. The molecule has 0 aromatic heterocycles. The molecule has 0 aliphatic carbocycles. The van der Waals surface area contributed by atoms with Crippen molar-refractivity contribution < 1.29 is 19.1 Å². The van der Waals surface area contributed by atoms with Gasteiger partial charge in [0.15, 0.2) is 0 Å². The average molecular weight is 460 g/mol. The highest BCUT2D eigenvalue weighted by atomic mass is 35.5. The molecule has 7 heteroatoms. The molecule has 0 radical (unpaired) electrons. The van der Waals surface area contributed by atoms with Crippen molar-refractivity contribution in [1.29, 1.82) is 0 Å². The molecule has 0 bridgehead atoms. The molecular weight excluding hydrogens is 437 g/mol. The summed E-state index contributed by atoms with van der Waals surface area (Å²) in [6, 6.07) is 14.3. The molecule has 5 nitrogen and oxygen atoms in total. The maximum Gasteiger partial charge on any atom is 0.337 e. The number of carbonyl (C=O) groups excluding carboxylic acids is 2. The molecule has 1 aliphatic heterocycles. The normalized spacial score (nSPS) is 16.1. The minimum Gasteiger partial charge on any atom is -0.463 e. The van der Waals surface area contributed by atoms with E-state index >= 15 is 0 Å². The van der Waals surface area contributed by atoms with Crippen molar-refractivity contribution in [3.63, 3.8) is 0 Å². The van der Waals surface area contributed by atoms with Gasteiger partial charge in [0.25, 0.3) is 0 Å². The number of nitrogens with one attached hydrogen (secondary N) is 1. The van der Waals surface area contributed by atoms with Gasteiger partial charge in [-0.15, -0.1) is 0 Å². The lowest BCUT2D eigenvalue weighted by Crippen LogP contribution is -2.32. The zero-order chi connectivity index (χ0) is 22.5. The van der Waals surface area contributed by atoms with E-state index in [1.807, 2.05) is 12.1 Å². The third-order valence-corrected chi connectivity index (χ3v) is 5.72. The summed E-state index contributed by atoms with van der Waals surface area (Å²) in [5.74, 6) is -1.81. The van der Waals surface area contributed by atoms with Gasteiger partial charge in [0.1, 0.15) is 6.61 Å². The van der Waals surface area contributed by atoms with Crippen molar-refractivity contribution in [2.24, 2.45) is 0 Å². The fraction of sp³-hybridized carbons (Fsp3) is 0.250. The maximum atomic E-state index is 13.2. The summed E-state index contributed by atoms with van der Waals surface area (Å²) in [7, 11) is 0. The summed E-state index contributed by atoms with van der Waals surface area (Å²) in [5.41, 5.74) is 3.12. The lowest BCUT2D eigenvalue weighted by Gasteiger charge is -2.31. The zero-order valence-electron chi connectivity index (χ0n) is 17.5. The number of dihydropyridines is 1. The second-order valence-corrected chi connectivity index (χ2v) is 7.86. The number of rotatable bonds is 6. The van der Waals surface area contributed by atoms with Crippen molar-refractivity contribution in [2.45, 2.75) is 33.3 Å². The van der Waals surface area contributed by atoms with E-state index < -0.39 is 17.9 Å². The van der Waals surface area contributed by atoms with Crippen LogP contribution < -0.4 is 5.32 Å². The Morgan fingerprint density at radius 2 is 1.42 bits per heavy atom. The minimum atomic E-state index is -0.729. The third-order valence-electron chi connectivity index (χ3n) is 5.01. The van der Waals surface area contributed by atoms with Gasteiger partial charge in [-0.1, -0.05) is 59.6 Å². The first-order chi connectivity index (χ1) is 14.8. The fourth-order valence-corrected chi connectivity index (χ4v) is 4.04. The highest BCUT2D eigenvalue weighted by molar-refractivity contribution is 6.31. The van der Waals surface area contributed by atoms with E-state index in [4.69, 9.17) is 32.7 Å². The number of hydrogen-bond acceptors (Lipinski definition) is 5. The van der Waals surface area contributed by atoms with E-state index in [2.05, 4.69) is 5.32 Å². The molecule has 2 aromatic rings. The topological polar surface area (TPSA) is 64.6 Å². The van der Waals surface area contributed by atoms with Crippen LogP contribution in [0, 0.1) is 0 Å². The summed E-state index contributed by atoms with van der Waals surface area (Å²) in [6.45, 7) is 5.48. The number of allylic oxidation sites excluding steroid dienone is 2. The molecule has 1 heterocycles. The van der Waals surface area contributed by atoms with Crippen molar-refractivity contribution in [3.05, 3.63) is 92.2 Å². The number of carbonyl (C=O) groups is 2. The van der Waals surface area contributed by atoms with Crippen LogP contribution in [0.3, 0.4) is 0 Å². The second-order valence-electron chi connectivity index (χ2n) is 7.04. The van der Waals surface area contributed by atoms with Crippen molar-refractivity contribution in [1.82, 2.24) is 5.32 Å². The molecule has 3 rings (SSSR count). The zero-order valence-corrected chi connectivity index (χ0v) is 19.0. The molecule has 0 saturated carbocycles. The molecule has 1 atom stereocenters. The van der Waals surface area contributed by atoms with Crippen LogP contribution in [0.25, 0.3) is 0 Å². The molecule has 0 spiro atoms. The molecular formula is C24H23Cl2NO4. The van der Waals surface area contributed by atoms with E-state index in [0.717, 1.165) is 0 Å². The Balaban J connectivity index is 2.02. The van der Waals surface area contributed by atoms with Gasteiger partial charge in [-0.25, -0.2) is 9.59 Å². The molecule has 0 fully saturated rings. The molecule has 31 heavy (non-hydrogen) atoms. The van der Waals surface area contributed by atoms with Gasteiger partial charge in [-0.05, 0) is 38.5 Å². The van der Waals surface area contributed by atoms with Gasteiger partial charge in [-0.3, -0.25) is 0 Å². The van der Waals surface area contributed by atoms with E-state index in [1.54, 1.807) is 57.2 Å². The van der Waals surface area contributed by atoms with Gasteiger partial charge >= 0.3 is 11.9 Å². The Hall–Kier alpha value is -2.76. The first kappa shape index (κ1) is 22.9. The van der Waals surface area contributed by atoms with E-state index in [-0.39, 0.29) is 13.2 Å². The lowest BCUT2D eigenvalue weighted by molar-refractivity contribution is -0.140. The standard InChI is InChI=1S/C24H23Cl2NO4/c1-4-30-23(28)20-14(2)27-15(3)21(22(20)17-10-6-8-12-19(17)26)24(29)31-13-16-9-5-7-11-18(16)25/h5-12,22,27H,4,13H2,1-3H3. The maximum absolute atomic E-state index is 13.2. The van der Waals surface area contributed by atoms with Gasteiger partial charge in [0.05, 0.1) is 23.7 Å². The average Bonchev–Trinajstić information content (AvgIpc) is 2.73. The van der Waals surface area contributed by atoms with Gasteiger partial charge in [0, 0.05) is 27.0 Å². The van der Waals surface area contributed by atoms with Crippen LogP contribution in [-0.2, 0) is 25.7 Å². The minimum absolute atomic E-state index is 0.00195. The Bertz CT molecular complexity index is 1070. The number of halogens is 2. The number of ether oxygens (including phenoxy) is 2. The number of esters is 2. The van der Waals surface area contributed by atoms with Gasteiger partial charge in [0.2, 0.25) is 0 Å². The van der Waals surface area contributed by atoms with Crippen LogP contribution in [0.4, 0.5) is 0 Å². The molecule has 1 unspecified atom stereocenters. The summed E-state index contributed by atoms with van der Waals surface area (Å²) >= 11 is 12.7. The highest BCUT2D eigenvalue weighted by Crippen LogP contribution is 2.41. The largest absolute Gasteiger partial charge is 0.463 e. The molecule has 0 amide bonds. The van der Waals surface area contributed by atoms with Crippen LogP contribution in [0.15, 0.2) is 71.1 Å². The van der Waals surface area contributed by atoms with E-state index in [0.29, 0.717) is 43.7 Å². The van der Waals surface area contributed by atoms with Crippen molar-refractivity contribution in [2.75, 3.05) is 6.61 Å². The van der Waals surface area contributed by atoms with E-state index in [9.17, 15) is 9.59 Å². The predicted octanol–water partition coefficient (Wildman–Crippen LogP) is 5.53. The van der Waals surface area contributed by atoms with Gasteiger partial charge < -0.3 is 14.8 Å². The summed E-state index contributed by atoms with van der Waals surface area (Å²) in [5, 5.41) is 4.06. The van der Waals surface area contributed by atoms with Crippen molar-refractivity contribution in [3.8, 4) is 0 Å². The quantitative estimate of drug-likeness (QED) is 0.574. The highest BCUT2D eigenvalue weighted by Gasteiger charge is 2.38. The van der Waals surface area contributed by atoms with Crippen LogP contribution in [0.2, 0.25) is 10.0 Å².